The third-order valence-electron chi connectivity index (χ3n) is 5.44. The van der Waals surface area contributed by atoms with Crippen molar-refractivity contribution in [2.24, 2.45) is 0 Å². The average molecular weight is 418 g/mol. The topological polar surface area (TPSA) is 93.9 Å². The number of nitro groups is 1. The Morgan fingerprint density at radius 1 is 1.27 bits per heavy atom. The molecule has 2 aliphatic rings. The minimum absolute atomic E-state index is 0.0225. The molecule has 0 atom stereocenters. The van der Waals surface area contributed by atoms with Gasteiger partial charge < -0.3 is 19.7 Å². The van der Waals surface area contributed by atoms with Crippen LogP contribution >= 0.6 is 0 Å². The minimum Gasteiger partial charge on any atom is -0.496 e. The van der Waals surface area contributed by atoms with Gasteiger partial charge in [0.05, 0.1) is 18.1 Å². The summed E-state index contributed by atoms with van der Waals surface area (Å²) in [6.45, 7) is 6.48. The number of rotatable bonds is 5. The molecule has 1 amide bonds. The Morgan fingerprint density at radius 3 is 2.50 bits per heavy atom. The molecule has 3 rings (SSSR count). The van der Waals surface area contributed by atoms with Crippen molar-refractivity contribution in [3.8, 4) is 5.75 Å². The van der Waals surface area contributed by atoms with Crippen molar-refractivity contribution in [1.29, 1.82) is 0 Å². The third kappa shape index (κ3) is 5.23. The second-order valence-electron chi connectivity index (χ2n) is 8.86. The molecule has 8 nitrogen and oxygen atoms in total. The van der Waals surface area contributed by atoms with Gasteiger partial charge in [-0.15, -0.1) is 0 Å². The van der Waals surface area contributed by atoms with Crippen LogP contribution in [0.2, 0.25) is 0 Å². The van der Waals surface area contributed by atoms with Crippen LogP contribution in [0.1, 0.15) is 58.4 Å². The van der Waals surface area contributed by atoms with E-state index in [1.807, 2.05) is 32.9 Å². The van der Waals surface area contributed by atoms with Crippen LogP contribution in [0, 0.1) is 10.1 Å². The van der Waals surface area contributed by atoms with Crippen LogP contribution in [0.3, 0.4) is 0 Å². The lowest BCUT2D eigenvalue weighted by Gasteiger charge is -2.30. The first-order valence-corrected chi connectivity index (χ1v) is 10.5. The lowest BCUT2D eigenvalue weighted by atomic mass is 9.97. The smallest absolute Gasteiger partial charge is 0.410 e. The van der Waals surface area contributed by atoms with E-state index in [0.29, 0.717) is 30.9 Å². The predicted molar refractivity (Wildman–Crippen MR) is 116 cm³/mol. The van der Waals surface area contributed by atoms with Crippen LogP contribution in [0.5, 0.6) is 5.75 Å². The lowest BCUT2D eigenvalue weighted by molar-refractivity contribution is -0.384. The third-order valence-corrected chi connectivity index (χ3v) is 5.44. The van der Waals surface area contributed by atoms with E-state index < -0.39 is 5.60 Å². The van der Waals surface area contributed by atoms with Gasteiger partial charge in [-0.1, -0.05) is 18.9 Å². The van der Waals surface area contributed by atoms with Crippen molar-refractivity contribution in [3.05, 3.63) is 33.9 Å². The zero-order valence-corrected chi connectivity index (χ0v) is 18.2. The number of methoxy groups -OCH3 is 1. The van der Waals surface area contributed by atoms with E-state index in [4.69, 9.17) is 9.47 Å². The van der Waals surface area contributed by atoms with E-state index in [9.17, 15) is 14.9 Å². The molecule has 1 N–H and O–H groups in total. The highest BCUT2D eigenvalue weighted by atomic mass is 16.6. The molecule has 0 aromatic heterocycles. The Balaban J connectivity index is 1.85. The molecule has 0 radical (unpaired) electrons. The highest BCUT2D eigenvalue weighted by Gasteiger charge is 2.27. The molecule has 164 valence electrons. The summed E-state index contributed by atoms with van der Waals surface area (Å²) in [7, 11) is 1.52. The molecule has 0 spiro atoms. The van der Waals surface area contributed by atoms with E-state index in [0.717, 1.165) is 36.8 Å². The Bertz CT molecular complexity index is 838. The standard InChI is InChI=1S/C22H31N3O5/c1-22(2,3)30-21(26)24-11-9-15(10-12-24)17-13-18(23-16-7-5-6-8-16)19(25(27)28)14-20(17)29-4/h9,13-14,16,23H,5-8,10-12H2,1-4H3. The maximum absolute atomic E-state index is 12.3. The highest BCUT2D eigenvalue weighted by molar-refractivity contribution is 5.80. The maximum atomic E-state index is 12.3. The maximum Gasteiger partial charge on any atom is 0.410 e. The number of amides is 1. The predicted octanol–water partition coefficient (Wildman–Crippen LogP) is 4.98. The largest absolute Gasteiger partial charge is 0.496 e. The number of nitrogens with zero attached hydrogens (tertiary/aromatic N) is 2. The lowest BCUT2D eigenvalue weighted by Crippen LogP contribution is -2.39. The van der Waals surface area contributed by atoms with Gasteiger partial charge in [-0.2, -0.15) is 0 Å². The Morgan fingerprint density at radius 2 is 1.97 bits per heavy atom. The van der Waals surface area contributed by atoms with Crippen molar-refractivity contribution >= 4 is 23.0 Å². The number of nitrogens with one attached hydrogen (secondary N) is 1. The quantitative estimate of drug-likeness (QED) is 0.536. The van der Waals surface area contributed by atoms with Crippen LogP contribution < -0.4 is 10.1 Å². The molecular formula is C22H31N3O5. The fourth-order valence-electron chi connectivity index (χ4n) is 3.95. The number of hydrogen-bond acceptors (Lipinski definition) is 6. The summed E-state index contributed by atoms with van der Waals surface area (Å²) in [5, 5.41) is 15.0. The van der Waals surface area contributed by atoms with Gasteiger partial charge in [0.15, 0.2) is 0 Å². The van der Waals surface area contributed by atoms with E-state index in [1.165, 1.54) is 13.2 Å². The van der Waals surface area contributed by atoms with Crippen LogP contribution in [-0.4, -0.2) is 47.8 Å². The Labute approximate surface area is 177 Å². The summed E-state index contributed by atoms with van der Waals surface area (Å²) in [4.78, 5) is 25.2. The van der Waals surface area contributed by atoms with Gasteiger partial charge in [0.25, 0.3) is 5.69 Å². The molecule has 30 heavy (non-hydrogen) atoms. The van der Waals surface area contributed by atoms with E-state index in [2.05, 4.69) is 5.32 Å². The molecule has 1 aromatic rings. The van der Waals surface area contributed by atoms with Gasteiger partial charge in [0, 0.05) is 24.7 Å². The molecule has 8 heteroatoms. The first-order valence-electron chi connectivity index (χ1n) is 10.5. The van der Waals surface area contributed by atoms with Crippen molar-refractivity contribution in [2.45, 2.75) is 64.5 Å². The molecule has 0 saturated heterocycles. The van der Waals surface area contributed by atoms with Crippen LogP contribution in [0.25, 0.3) is 5.57 Å². The normalized spacial score (nSPS) is 17.5. The Hall–Kier alpha value is -2.77. The fourth-order valence-corrected chi connectivity index (χ4v) is 3.95. The average Bonchev–Trinajstić information content (AvgIpc) is 3.19. The summed E-state index contributed by atoms with van der Waals surface area (Å²) in [6, 6.07) is 3.57. The van der Waals surface area contributed by atoms with Crippen molar-refractivity contribution in [3.63, 3.8) is 0 Å². The van der Waals surface area contributed by atoms with Crippen molar-refractivity contribution < 1.29 is 19.2 Å². The molecule has 1 aliphatic heterocycles. The molecule has 0 bridgehead atoms. The van der Waals surface area contributed by atoms with E-state index in [1.54, 1.807) is 4.90 Å². The van der Waals surface area contributed by atoms with E-state index in [-0.39, 0.29) is 22.7 Å². The number of carbonyl (C=O) groups is 1. The SMILES string of the molecule is COc1cc([N+](=O)[O-])c(NC2CCCC2)cc1C1=CCN(C(=O)OC(C)(C)C)CC1. The van der Waals surface area contributed by atoms with Gasteiger partial charge in [0.1, 0.15) is 17.0 Å². The monoisotopic (exact) mass is 417 g/mol. The highest BCUT2D eigenvalue weighted by Crippen LogP contribution is 2.39. The van der Waals surface area contributed by atoms with Crippen LogP contribution in [0.15, 0.2) is 18.2 Å². The van der Waals surface area contributed by atoms with Crippen LogP contribution in [-0.2, 0) is 4.74 Å². The van der Waals surface area contributed by atoms with E-state index >= 15 is 0 Å². The summed E-state index contributed by atoms with van der Waals surface area (Å²) in [6.07, 6.45) is 6.57. The molecule has 0 unspecified atom stereocenters. The molecule has 1 heterocycles. The minimum atomic E-state index is -0.538. The second-order valence-corrected chi connectivity index (χ2v) is 8.86. The second kappa shape index (κ2) is 8.93. The first kappa shape index (κ1) is 21.9. The number of ether oxygens (including phenoxy) is 2. The van der Waals surface area contributed by atoms with Gasteiger partial charge >= 0.3 is 6.09 Å². The number of nitro benzene ring substituents is 1. The van der Waals surface area contributed by atoms with Gasteiger partial charge in [-0.05, 0) is 51.7 Å². The fraction of sp³-hybridized carbons (Fsp3) is 0.591. The Kier molecular flexibility index (Phi) is 6.53. The van der Waals surface area contributed by atoms with Gasteiger partial charge in [-0.25, -0.2) is 4.79 Å². The van der Waals surface area contributed by atoms with Crippen LogP contribution in [0.4, 0.5) is 16.2 Å². The first-order chi connectivity index (χ1) is 14.2. The molecule has 1 aliphatic carbocycles. The van der Waals surface area contributed by atoms with Gasteiger partial charge in [0.2, 0.25) is 0 Å². The van der Waals surface area contributed by atoms with Crippen molar-refractivity contribution in [1.82, 2.24) is 4.90 Å². The molecule has 1 fully saturated rings. The van der Waals surface area contributed by atoms with Gasteiger partial charge in [-0.3, -0.25) is 10.1 Å². The molecule has 1 saturated carbocycles. The zero-order valence-electron chi connectivity index (χ0n) is 18.2. The number of anilines is 1. The number of hydrogen-bond donors (Lipinski definition) is 1. The zero-order chi connectivity index (χ0) is 21.9. The molecule has 1 aromatic carbocycles. The summed E-state index contributed by atoms with van der Waals surface area (Å²) in [5.41, 5.74) is 1.85. The molecular weight excluding hydrogens is 386 g/mol. The number of carbonyl (C=O) groups excluding carboxylic acids is 1. The van der Waals surface area contributed by atoms with Crippen molar-refractivity contribution in [2.75, 3.05) is 25.5 Å². The summed E-state index contributed by atoms with van der Waals surface area (Å²) < 4.78 is 10.9. The number of benzene rings is 1. The summed E-state index contributed by atoms with van der Waals surface area (Å²) in [5.74, 6) is 0.468. The summed E-state index contributed by atoms with van der Waals surface area (Å²) >= 11 is 0.